The predicted octanol–water partition coefficient (Wildman–Crippen LogP) is 4.18. The largest absolute Gasteiger partial charge is 0.495 e. The average Bonchev–Trinajstić information content (AvgIpc) is 3.31. The van der Waals surface area contributed by atoms with E-state index in [0.29, 0.717) is 0 Å². The van der Waals surface area contributed by atoms with Crippen LogP contribution in [0.25, 0.3) is 44.3 Å². The summed E-state index contributed by atoms with van der Waals surface area (Å²) in [5.41, 5.74) is 5.92. The number of nitrogens with zero attached hydrogens (tertiary/aromatic N) is 3. The Morgan fingerprint density at radius 3 is 2.73 bits per heavy atom. The van der Waals surface area contributed by atoms with Gasteiger partial charge in [0, 0.05) is 40.4 Å². The molecular weight excluding hydrogens is 326 g/mol. The molecule has 6 heteroatoms. The van der Waals surface area contributed by atoms with Crippen LogP contribution in [0, 0.1) is 0 Å². The molecule has 4 heterocycles. The smallest absolute Gasteiger partial charge is 0.137 e. The SMILES string of the molecule is COc1cncc(-c2ccc3[nH]nc(-c4cc5cnccc5[nH]4)c3c2)c1. The number of aromatic amines is 2. The maximum absolute atomic E-state index is 5.28. The van der Waals surface area contributed by atoms with Crippen molar-refractivity contribution >= 4 is 21.8 Å². The quantitative estimate of drug-likeness (QED) is 0.516. The van der Waals surface area contributed by atoms with Crippen LogP contribution in [-0.4, -0.2) is 32.3 Å². The molecule has 0 aliphatic rings. The lowest BCUT2D eigenvalue weighted by molar-refractivity contribution is 0.413. The molecule has 0 atom stereocenters. The number of fused-ring (bicyclic) bond motifs is 2. The van der Waals surface area contributed by atoms with Gasteiger partial charge in [-0.2, -0.15) is 5.10 Å². The number of hydrogen-bond donors (Lipinski definition) is 2. The van der Waals surface area contributed by atoms with Crippen molar-refractivity contribution in [2.24, 2.45) is 0 Å². The van der Waals surface area contributed by atoms with Crippen molar-refractivity contribution < 1.29 is 4.74 Å². The summed E-state index contributed by atoms with van der Waals surface area (Å²) >= 11 is 0. The molecule has 0 aliphatic heterocycles. The molecule has 6 nitrogen and oxygen atoms in total. The van der Waals surface area contributed by atoms with E-state index in [2.05, 4.69) is 43.3 Å². The Kier molecular flexibility index (Phi) is 3.21. The Balaban J connectivity index is 1.67. The third-order valence-electron chi connectivity index (χ3n) is 4.52. The lowest BCUT2D eigenvalue weighted by Crippen LogP contribution is -1.86. The first-order valence-electron chi connectivity index (χ1n) is 8.22. The van der Waals surface area contributed by atoms with E-state index >= 15 is 0 Å². The molecule has 0 spiro atoms. The van der Waals surface area contributed by atoms with Gasteiger partial charge in [0.1, 0.15) is 11.4 Å². The van der Waals surface area contributed by atoms with Crippen molar-refractivity contribution in [2.45, 2.75) is 0 Å². The van der Waals surface area contributed by atoms with Gasteiger partial charge in [0.15, 0.2) is 0 Å². The van der Waals surface area contributed by atoms with E-state index in [4.69, 9.17) is 4.74 Å². The van der Waals surface area contributed by atoms with Gasteiger partial charge in [0.25, 0.3) is 0 Å². The monoisotopic (exact) mass is 341 g/mol. The fourth-order valence-corrected chi connectivity index (χ4v) is 3.19. The van der Waals surface area contributed by atoms with E-state index in [0.717, 1.165) is 50.1 Å². The molecule has 0 aliphatic carbocycles. The molecule has 0 bridgehead atoms. The lowest BCUT2D eigenvalue weighted by Gasteiger charge is -2.04. The lowest BCUT2D eigenvalue weighted by atomic mass is 10.0. The van der Waals surface area contributed by atoms with Crippen LogP contribution in [-0.2, 0) is 0 Å². The zero-order chi connectivity index (χ0) is 17.5. The van der Waals surface area contributed by atoms with Crippen LogP contribution < -0.4 is 4.74 Å². The van der Waals surface area contributed by atoms with Crippen molar-refractivity contribution in [3.8, 4) is 28.3 Å². The van der Waals surface area contributed by atoms with Crippen LogP contribution in [0.4, 0.5) is 0 Å². The number of H-pyrrole nitrogens is 2. The Labute approximate surface area is 148 Å². The second-order valence-electron chi connectivity index (χ2n) is 6.09. The fraction of sp³-hybridized carbons (Fsp3) is 0.0500. The van der Waals surface area contributed by atoms with Gasteiger partial charge < -0.3 is 9.72 Å². The van der Waals surface area contributed by atoms with Gasteiger partial charge in [-0.25, -0.2) is 0 Å². The Morgan fingerprint density at radius 1 is 0.885 bits per heavy atom. The second kappa shape index (κ2) is 5.70. The molecule has 5 aromatic rings. The van der Waals surface area contributed by atoms with Crippen molar-refractivity contribution in [1.82, 2.24) is 25.1 Å². The summed E-state index contributed by atoms with van der Waals surface area (Å²) in [6, 6.07) is 12.2. The summed E-state index contributed by atoms with van der Waals surface area (Å²) in [4.78, 5) is 11.8. The van der Waals surface area contributed by atoms with Gasteiger partial charge in [-0.1, -0.05) is 6.07 Å². The molecule has 0 radical (unpaired) electrons. The van der Waals surface area contributed by atoms with Crippen LogP contribution in [0.3, 0.4) is 0 Å². The van der Waals surface area contributed by atoms with Crippen LogP contribution in [0.5, 0.6) is 5.75 Å². The van der Waals surface area contributed by atoms with E-state index in [1.165, 1.54) is 0 Å². The van der Waals surface area contributed by atoms with E-state index in [-0.39, 0.29) is 0 Å². The zero-order valence-corrected chi connectivity index (χ0v) is 14.0. The normalized spacial score (nSPS) is 11.3. The third kappa shape index (κ3) is 2.31. The number of ether oxygens (including phenoxy) is 1. The molecule has 0 saturated heterocycles. The summed E-state index contributed by atoms with van der Waals surface area (Å²) in [5, 5.41) is 9.73. The van der Waals surface area contributed by atoms with Crippen molar-refractivity contribution in [3.63, 3.8) is 0 Å². The third-order valence-corrected chi connectivity index (χ3v) is 4.52. The second-order valence-corrected chi connectivity index (χ2v) is 6.09. The maximum atomic E-state index is 5.28. The minimum atomic E-state index is 0.734. The number of rotatable bonds is 3. The summed E-state index contributed by atoms with van der Waals surface area (Å²) < 4.78 is 5.28. The van der Waals surface area contributed by atoms with E-state index in [9.17, 15) is 0 Å². The molecule has 126 valence electrons. The Bertz CT molecular complexity index is 1200. The number of pyridine rings is 2. The number of benzene rings is 1. The van der Waals surface area contributed by atoms with Gasteiger partial charge in [0.05, 0.1) is 24.5 Å². The van der Waals surface area contributed by atoms with Gasteiger partial charge in [0.2, 0.25) is 0 Å². The molecule has 26 heavy (non-hydrogen) atoms. The van der Waals surface area contributed by atoms with Gasteiger partial charge >= 0.3 is 0 Å². The molecule has 5 rings (SSSR count). The maximum Gasteiger partial charge on any atom is 0.137 e. The molecule has 0 fully saturated rings. The van der Waals surface area contributed by atoms with Gasteiger partial charge in [-0.05, 0) is 35.9 Å². The summed E-state index contributed by atoms with van der Waals surface area (Å²) in [5.74, 6) is 0.734. The molecule has 0 unspecified atom stereocenters. The average molecular weight is 341 g/mol. The highest BCUT2D eigenvalue weighted by Gasteiger charge is 2.12. The van der Waals surface area contributed by atoms with E-state index in [1.807, 2.05) is 30.6 Å². The fourth-order valence-electron chi connectivity index (χ4n) is 3.19. The highest BCUT2D eigenvalue weighted by atomic mass is 16.5. The number of methoxy groups -OCH3 is 1. The molecule has 0 saturated carbocycles. The minimum absolute atomic E-state index is 0.734. The van der Waals surface area contributed by atoms with E-state index in [1.54, 1.807) is 19.5 Å². The number of aromatic nitrogens is 5. The molecule has 0 amide bonds. The summed E-state index contributed by atoms with van der Waals surface area (Å²) in [6.07, 6.45) is 7.15. The zero-order valence-electron chi connectivity index (χ0n) is 14.0. The molecule has 1 aromatic carbocycles. The number of hydrogen-bond acceptors (Lipinski definition) is 4. The van der Waals surface area contributed by atoms with Crippen LogP contribution in [0.1, 0.15) is 0 Å². The highest BCUT2D eigenvalue weighted by Crippen LogP contribution is 2.32. The summed E-state index contributed by atoms with van der Waals surface area (Å²) in [6.45, 7) is 0. The predicted molar refractivity (Wildman–Crippen MR) is 101 cm³/mol. The molecular formula is C20H15N5O. The van der Waals surface area contributed by atoms with Crippen molar-refractivity contribution in [1.29, 1.82) is 0 Å². The number of nitrogens with one attached hydrogen (secondary N) is 2. The summed E-state index contributed by atoms with van der Waals surface area (Å²) in [7, 11) is 1.64. The molecule has 2 N–H and O–H groups in total. The van der Waals surface area contributed by atoms with E-state index < -0.39 is 0 Å². The highest BCUT2D eigenvalue weighted by molar-refractivity contribution is 5.97. The Hall–Kier alpha value is -3.67. The standard InChI is InChI=1S/C20H15N5O/c1-26-15-6-13(9-22-11-15)12-2-3-18-16(7-12)20(25-24-18)19-8-14-10-21-5-4-17(14)23-19/h2-11,23H,1H3,(H,24,25). The first kappa shape index (κ1) is 14.7. The first-order chi connectivity index (χ1) is 12.8. The Morgan fingerprint density at radius 2 is 1.85 bits per heavy atom. The van der Waals surface area contributed by atoms with Crippen LogP contribution in [0.15, 0.2) is 61.2 Å². The van der Waals surface area contributed by atoms with Crippen molar-refractivity contribution in [3.05, 3.63) is 61.2 Å². The van der Waals surface area contributed by atoms with Crippen LogP contribution >= 0.6 is 0 Å². The van der Waals surface area contributed by atoms with Crippen LogP contribution in [0.2, 0.25) is 0 Å². The van der Waals surface area contributed by atoms with Gasteiger partial charge in [-0.3, -0.25) is 15.1 Å². The van der Waals surface area contributed by atoms with Crippen molar-refractivity contribution in [2.75, 3.05) is 7.11 Å². The minimum Gasteiger partial charge on any atom is -0.495 e. The van der Waals surface area contributed by atoms with Gasteiger partial charge in [-0.15, -0.1) is 0 Å². The topological polar surface area (TPSA) is 79.5 Å². The first-order valence-corrected chi connectivity index (χ1v) is 8.22. The molecule has 4 aromatic heterocycles.